The summed E-state index contributed by atoms with van der Waals surface area (Å²) in [6, 6.07) is 46.3. The molecule has 0 unspecified atom stereocenters. The van der Waals surface area contributed by atoms with Gasteiger partial charge in [-0.2, -0.15) is 0 Å². The van der Waals surface area contributed by atoms with Crippen molar-refractivity contribution in [2.24, 2.45) is 0 Å². The van der Waals surface area contributed by atoms with Gasteiger partial charge in [0.05, 0.1) is 28.4 Å². The molecular formula is C53H50FN5O+2. The number of halogens is 1. The molecule has 0 amide bonds. The third-order valence-corrected chi connectivity index (χ3v) is 11.4. The Bertz CT molecular complexity index is 3030. The standard InChI is InChI=1S/C53H50FN5O/c1-51(2,3)34-23-25-56-49(29-34)59-46-22-19-37(54)30-44(46)42-21-20-41(32-48(42)59)60-40-15-12-14-38(31-40)57-33-58(39-27-35(52(4,5)6)26-36(28-39)53(7,8)9)50-43(16-13-18-47(50)57)45-17-10-11-24-55-45/h10-32H,1-9H3/q+2. The number of benzene rings is 5. The first-order valence-corrected chi connectivity index (χ1v) is 20.6. The molecule has 0 fully saturated rings. The molecular weight excluding hydrogens is 742 g/mol. The van der Waals surface area contributed by atoms with Gasteiger partial charge in [0.15, 0.2) is 0 Å². The molecule has 3 aromatic heterocycles. The fraction of sp³-hybridized carbons (Fsp3) is 0.226. The van der Waals surface area contributed by atoms with Gasteiger partial charge in [-0.15, -0.1) is 0 Å². The molecule has 5 aromatic carbocycles. The fourth-order valence-corrected chi connectivity index (χ4v) is 7.98. The second-order valence-corrected chi connectivity index (χ2v) is 18.9. The van der Waals surface area contributed by atoms with E-state index in [-0.39, 0.29) is 22.1 Å². The lowest BCUT2D eigenvalue weighted by Gasteiger charge is -2.24. The summed E-state index contributed by atoms with van der Waals surface area (Å²) < 4.78 is 27.8. The Morgan fingerprint density at radius 2 is 1.28 bits per heavy atom. The van der Waals surface area contributed by atoms with Crippen LogP contribution in [0.2, 0.25) is 0 Å². The topological polar surface area (TPSA) is 46.0 Å². The Balaban J connectivity index is 1.18. The van der Waals surface area contributed by atoms with Crippen molar-refractivity contribution in [1.82, 2.24) is 23.7 Å². The van der Waals surface area contributed by atoms with E-state index >= 15 is 0 Å². The summed E-state index contributed by atoms with van der Waals surface area (Å²) in [6.45, 7) is 20.1. The third kappa shape index (κ3) is 7.09. The minimum Gasteiger partial charge on any atom is -0.457 e. The molecule has 0 atom stereocenters. The summed E-state index contributed by atoms with van der Waals surface area (Å²) in [5, 5.41) is 1.73. The van der Waals surface area contributed by atoms with E-state index in [0.29, 0.717) is 11.5 Å². The highest BCUT2D eigenvalue weighted by Gasteiger charge is 2.40. The Morgan fingerprint density at radius 3 is 2.00 bits per heavy atom. The van der Waals surface area contributed by atoms with Crippen molar-refractivity contribution in [2.45, 2.75) is 78.6 Å². The number of pyridine rings is 2. The number of rotatable bonds is 6. The first-order chi connectivity index (χ1) is 28.5. The molecule has 0 radical (unpaired) electrons. The Morgan fingerprint density at radius 1 is 0.550 bits per heavy atom. The van der Waals surface area contributed by atoms with E-state index in [1.807, 2.05) is 67.0 Å². The van der Waals surface area contributed by atoms with Crippen LogP contribution in [0, 0.1) is 5.82 Å². The molecule has 0 saturated heterocycles. The molecule has 0 saturated carbocycles. The normalized spacial score (nSPS) is 13.1. The lowest BCUT2D eigenvalue weighted by molar-refractivity contribution is 0.483. The van der Waals surface area contributed by atoms with E-state index in [1.54, 1.807) is 6.07 Å². The molecule has 7 heteroatoms. The zero-order chi connectivity index (χ0) is 42.1. The van der Waals surface area contributed by atoms with Crippen LogP contribution < -0.4 is 13.9 Å². The number of para-hydroxylation sites is 1. The first-order valence-electron chi connectivity index (χ1n) is 20.6. The van der Waals surface area contributed by atoms with Gasteiger partial charge in [0, 0.05) is 53.5 Å². The highest BCUT2D eigenvalue weighted by molar-refractivity contribution is 6.09. The largest absolute Gasteiger partial charge is 0.503 e. The minimum atomic E-state index is -0.283. The number of ether oxygens (including phenoxy) is 1. The van der Waals surface area contributed by atoms with E-state index < -0.39 is 0 Å². The number of hydrogen-bond donors (Lipinski definition) is 0. The summed E-state index contributed by atoms with van der Waals surface area (Å²) in [7, 11) is 0. The van der Waals surface area contributed by atoms with Crippen LogP contribution in [0.5, 0.6) is 11.5 Å². The van der Waals surface area contributed by atoms with E-state index in [9.17, 15) is 4.39 Å². The van der Waals surface area contributed by atoms with Crippen LogP contribution in [0.15, 0.2) is 140 Å². The lowest BCUT2D eigenvalue weighted by Crippen LogP contribution is -2.17. The van der Waals surface area contributed by atoms with Gasteiger partial charge in [-0.3, -0.25) is 9.55 Å². The monoisotopic (exact) mass is 791 g/mol. The number of nitrogens with zero attached hydrogens (tertiary/aromatic N) is 5. The van der Waals surface area contributed by atoms with Crippen molar-refractivity contribution in [3.63, 3.8) is 0 Å². The highest BCUT2D eigenvalue weighted by Crippen LogP contribution is 2.45. The lowest BCUT2D eigenvalue weighted by atomic mass is 9.80. The average Bonchev–Trinajstić information content (AvgIpc) is 3.76. The van der Waals surface area contributed by atoms with Gasteiger partial charge < -0.3 is 4.74 Å². The second-order valence-electron chi connectivity index (χ2n) is 18.9. The Kier molecular flexibility index (Phi) is 9.22. The maximum absolute atomic E-state index is 14.7. The molecule has 298 valence electrons. The molecule has 0 bridgehead atoms. The molecule has 9 rings (SSSR count). The SMILES string of the molecule is CC(C)(C)c1cc([N+]2=C=[N+](c3cccc(Oc4ccc5c6cc(F)ccc6n(-c6cc(C(C)(C)C)ccn6)c5c4)c3)c3cccc(-c4ccccn4)c32)cc(C(C)(C)C)c1. The van der Waals surface area contributed by atoms with Crippen LogP contribution in [-0.2, 0) is 16.2 Å². The number of hydrogen-bond acceptors (Lipinski definition) is 3. The van der Waals surface area contributed by atoms with Gasteiger partial charge in [0.2, 0.25) is 11.4 Å². The maximum atomic E-state index is 14.7. The number of fused-ring (bicyclic) bond motifs is 4. The van der Waals surface area contributed by atoms with Gasteiger partial charge in [-0.05, 0) is 109 Å². The van der Waals surface area contributed by atoms with Crippen LogP contribution in [0.25, 0.3) is 38.9 Å². The van der Waals surface area contributed by atoms with Crippen LogP contribution in [0.3, 0.4) is 0 Å². The van der Waals surface area contributed by atoms with Crippen molar-refractivity contribution >= 4 is 50.6 Å². The van der Waals surface area contributed by atoms with E-state index in [0.717, 1.165) is 67.2 Å². The number of aromatic nitrogens is 3. The van der Waals surface area contributed by atoms with Gasteiger partial charge in [-0.1, -0.05) is 86.6 Å². The fourth-order valence-electron chi connectivity index (χ4n) is 7.98. The smallest absolute Gasteiger partial charge is 0.457 e. The van der Waals surface area contributed by atoms with Gasteiger partial charge in [-0.25, -0.2) is 9.37 Å². The average molecular weight is 792 g/mol. The van der Waals surface area contributed by atoms with E-state index in [2.05, 4.69) is 143 Å². The molecule has 4 heterocycles. The van der Waals surface area contributed by atoms with Crippen molar-refractivity contribution in [3.8, 4) is 28.6 Å². The molecule has 1 aliphatic heterocycles. The van der Waals surface area contributed by atoms with Gasteiger partial charge >= 0.3 is 11.7 Å². The van der Waals surface area contributed by atoms with Gasteiger partial charge in [0.1, 0.15) is 23.1 Å². The summed E-state index contributed by atoms with van der Waals surface area (Å²) >= 11 is 0. The third-order valence-electron chi connectivity index (χ3n) is 11.4. The zero-order valence-electron chi connectivity index (χ0n) is 35.8. The van der Waals surface area contributed by atoms with Crippen LogP contribution in [0.4, 0.5) is 27.1 Å². The maximum Gasteiger partial charge on any atom is 0.503 e. The summed E-state index contributed by atoms with van der Waals surface area (Å²) in [5.41, 5.74) is 11.1. The summed E-state index contributed by atoms with van der Waals surface area (Å²) in [5.74, 6) is 1.80. The zero-order valence-corrected chi connectivity index (χ0v) is 35.8. The molecule has 0 N–H and O–H groups in total. The van der Waals surface area contributed by atoms with Crippen LogP contribution in [0.1, 0.15) is 79.0 Å². The second kappa shape index (κ2) is 14.2. The first kappa shape index (κ1) is 38.8. The predicted molar refractivity (Wildman–Crippen MR) is 245 cm³/mol. The van der Waals surface area contributed by atoms with Crippen LogP contribution >= 0.6 is 0 Å². The van der Waals surface area contributed by atoms with Gasteiger partial charge in [0.25, 0.3) is 5.69 Å². The quantitative estimate of drug-likeness (QED) is 0.158. The molecule has 0 aliphatic carbocycles. The van der Waals surface area contributed by atoms with Crippen molar-refractivity contribution in [3.05, 3.63) is 162 Å². The van der Waals surface area contributed by atoms with Crippen molar-refractivity contribution in [1.29, 1.82) is 0 Å². The predicted octanol–water partition coefficient (Wildman–Crippen LogP) is 13.9. The molecule has 0 spiro atoms. The van der Waals surface area contributed by atoms with Crippen LogP contribution in [-0.4, -0.2) is 20.5 Å². The van der Waals surface area contributed by atoms with E-state index in [1.165, 1.54) is 17.2 Å². The highest BCUT2D eigenvalue weighted by atomic mass is 19.1. The van der Waals surface area contributed by atoms with Crippen molar-refractivity contribution in [2.75, 3.05) is 0 Å². The molecule has 8 aromatic rings. The minimum absolute atomic E-state index is 0.0645. The van der Waals surface area contributed by atoms with Crippen molar-refractivity contribution < 1.29 is 9.13 Å². The Hall–Kier alpha value is -6.69. The molecule has 1 aliphatic rings. The van der Waals surface area contributed by atoms with E-state index in [4.69, 9.17) is 14.7 Å². The molecule has 60 heavy (non-hydrogen) atoms. The molecule has 6 nitrogen and oxygen atoms in total. The summed E-state index contributed by atoms with van der Waals surface area (Å²) in [6.07, 6.45) is 3.69. The summed E-state index contributed by atoms with van der Waals surface area (Å²) in [4.78, 5) is 9.59. The Labute approximate surface area is 351 Å².